The van der Waals surface area contributed by atoms with Gasteiger partial charge in [-0.25, -0.2) is 0 Å². The van der Waals surface area contributed by atoms with Crippen LogP contribution in [-0.4, -0.2) is 10.0 Å². The molecule has 0 unspecified atom stereocenters. The number of rotatable bonds is 3. The summed E-state index contributed by atoms with van der Waals surface area (Å²) in [6.45, 7) is 0. The number of phenols is 1. The molecule has 0 aromatic heterocycles. The average molecular weight is 310 g/mol. The minimum atomic E-state index is -0.522. The van der Waals surface area contributed by atoms with Crippen molar-refractivity contribution in [3.63, 3.8) is 0 Å². The van der Waals surface area contributed by atoms with Crippen molar-refractivity contribution < 1.29 is 14.8 Å². The van der Waals surface area contributed by atoms with Gasteiger partial charge in [0.1, 0.15) is 11.5 Å². The number of para-hydroxylation sites is 2. The summed E-state index contributed by atoms with van der Waals surface area (Å²) < 4.78 is 6.03. The van der Waals surface area contributed by atoms with E-state index in [-0.39, 0.29) is 17.2 Å². The Morgan fingerprint density at radius 2 is 1.89 bits per heavy atom. The fraction of sp³-hybridized carbons (Fsp3) is 0. The van der Waals surface area contributed by atoms with Gasteiger partial charge in [0.15, 0.2) is 0 Å². The first-order valence-electron chi connectivity index (χ1n) is 4.97. The Morgan fingerprint density at radius 3 is 2.61 bits per heavy atom. The first-order valence-corrected chi connectivity index (χ1v) is 5.77. The van der Waals surface area contributed by atoms with E-state index in [2.05, 4.69) is 15.9 Å². The maximum Gasteiger partial charge on any atom is 0.311 e. The lowest BCUT2D eigenvalue weighted by Crippen LogP contribution is -1.93. The fourth-order valence-corrected chi connectivity index (χ4v) is 1.71. The van der Waals surface area contributed by atoms with Gasteiger partial charge >= 0.3 is 5.69 Å². The van der Waals surface area contributed by atoms with Crippen LogP contribution in [0.4, 0.5) is 5.69 Å². The quantitative estimate of drug-likeness (QED) is 0.690. The van der Waals surface area contributed by atoms with Crippen molar-refractivity contribution in [2.75, 3.05) is 0 Å². The van der Waals surface area contributed by atoms with Gasteiger partial charge in [-0.05, 0) is 34.1 Å². The standard InChI is InChI=1S/C12H8BrNO4/c13-9-6-5-8(15)7-12(9)18-11-4-2-1-3-10(11)14(16)17/h1-7,15H. The molecule has 0 radical (unpaired) electrons. The molecule has 0 aliphatic rings. The number of hydrogen-bond donors (Lipinski definition) is 1. The number of phenolic OH excluding ortho intramolecular Hbond substituents is 1. The van der Waals surface area contributed by atoms with Gasteiger partial charge in [0.05, 0.1) is 9.40 Å². The van der Waals surface area contributed by atoms with Gasteiger partial charge in [-0.2, -0.15) is 0 Å². The van der Waals surface area contributed by atoms with Gasteiger partial charge in [0.2, 0.25) is 5.75 Å². The van der Waals surface area contributed by atoms with E-state index in [9.17, 15) is 15.2 Å². The Morgan fingerprint density at radius 1 is 1.17 bits per heavy atom. The summed E-state index contributed by atoms with van der Waals surface area (Å²) in [5.74, 6) is 0.449. The fourth-order valence-electron chi connectivity index (χ4n) is 1.38. The molecule has 6 heteroatoms. The topological polar surface area (TPSA) is 72.6 Å². The molecule has 2 rings (SSSR count). The van der Waals surface area contributed by atoms with Crippen LogP contribution < -0.4 is 4.74 Å². The van der Waals surface area contributed by atoms with E-state index >= 15 is 0 Å². The molecule has 18 heavy (non-hydrogen) atoms. The van der Waals surface area contributed by atoms with Gasteiger partial charge in [-0.15, -0.1) is 0 Å². The number of nitro groups is 1. The zero-order chi connectivity index (χ0) is 13.1. The van der Waals surface area contributed by atoms with E-state index in [1.807, 2.05) is 0 Å². The van der Waals surface area contributed by atoms with Crippen LogP contribution in [0.15, 0.2) is 46.9 Å². The molecule has 2 aromatic carbocycles. The lowest BCUT2D eigenvalue weighted by atomic mass is 10.3. The zero-order valence-corrected chi connectivity index (χ0v) is 10.6. The normalized spacial score (nSPS) is 10.1. The van der Waals surface area contributed by atoms with Crippen LogP contribution >= 0.6 is 15.9 Å². The molecule has 0 heterocycles. The van der Waals surface area contributed by atoms with Crippen LogP contribution in [0.3, 0.4) is 0 Å². The number of halogens is 1. The van der Waals surface area contributed by atoms with Crippen LogP contribution in [0.1, 0.15) is 0 Å². The number of benzene rings is 2. The van der Waals surface area contributed by atoms with E-state index in [1.165, 1.54) is 24.3 Å². The number of hydrogen-bond acceptors (Lipinski definition) is 4. The van der Waals surface area contributed by atoms with Gasteiger partial charge < -0.3 is 9.84 Å². The minimum absolute atomic E-state index is 0.0202. The van der Waals surface area contributed by atoms with Crippen molar-refractivity contribution in [3.8, 4) is 17.2 Å². The third-order valence-corrected chi connectivity index (χ3v) is 2.85. The van der Waals surface area contributed by atoms with Gasteiger partial charge in [0.25, 0.3) is 0 Å². The summed E-state index contributed by atoms with van der Waals surface area (Å²) in [6.07, 6.45) is 0. The van der Waals surface area contributed by atoms with E-state index in [1.54, 1.807) is 18.2 Å². The number of nitro benzene ring substituents is 1. The van der Waals surface area contributed by atoms with E-state index < -0.39 is 4.92 Å². The molecule has 2 aromatic rings. The number of nitrogens with zero attached hydrogens (tertiary/aromatic N) is 1. The first kappa shape index (κ1) is 12.4. The predicted molar refractivity (Wildman–Crippen MR) is 69.0 cm³/mol. The van der Waals surface area contributed by atoms with Crippen LogP contribution in [-0.2, 0) is 0 Å². The van der Waals surface area contributed by atoms with Crippen molar-refractivity contribution in [1.82, 2.24) is 0 Å². The lowest BCUT2D eigenvalue weighted by molar-refractivity contribution is -0.385. The second-order valence-electron chi connectivity index (χ2n) is 3.44. The molecule has 0 atom stereocenters. The highest BCUT2D eigenvalue weighted by Crippen LogP contribution is 2.36. The predicted octanol–water partition coefficient (Wildman–Crippen LogP) is 3.86. The van der Waals surface area contributed by atoms with Crippen LogP contribution in [0.2, 0.25) is 0 Å². The molecule has 1 N–H and O–H groups in total. The van der Waals surface area contributed by atoms with Crippen molar-refractivity contribution in [2.45, 2.75) is 0 Å². The molecule has 0 aliphatic carbocycles. The van der Waals surface area contributed by atoms with Crippen LogP contribution in [0, 0.1) is 10.1 Å². The third-order valence-electron chi connectivity index (χ3n) is 2.20. The average Bonchev–Trinajstić information content (AvgIpc) is 2.34. The molecular formula is C12H8BrNO4. The molecule has 0 saturated heterocycles. The highest BCUT2D eigenvalue weighted by molar-refractivity contribution is 9.10. The smallest absolute Gasteiger partial charge is 0.311 e. The van der Waals surface area contributed by atoms with E-state index in [0.717, 1.165) is 0 Å². The molecular weight excluding hydrogens is 302 g/mol. The summed E-state index contributed by atoms with van der Waals surface area (Å²) in [7, 11) is 0. The maximum absolute atomic E-state index is 10.8. The zero-order valence-electron chi connectivity index (χ0n) is 9.04. The number of aromatic hydroxyl groups is 1. The SMILES string of the molecule is O=[N+]([O-])c1ccccc1Oc1cc(O)ccc1Br. The van der Waals surface area contributed by atoms with Gasteiger partial charge in [0, 0.05) is 12.1 Å². The van der Waals surface area contributed by atoms with Crippen LogP contribution in [0.25, 0.3) is 0 Å². The maximum atomic E-state index is 10.8. The Bertz CT molecular complexity index is 600. The summed E-state index contributed by atoms with van der Waals surface area (Å²) >= 11 is 3.24. The van der Waals surface area contributed by atoms with Crippen molar-refractivity contribution in [2.24, 2.45) is 0 Å². The summed E-state index contributed by atoms with van der Waals surface area (Å²) in [6, 6.07) is 10.5. The third kappa shape index (κ3) is 2.60. The molecule has 0 amide bonds. The molecule has 0 fully saturated rings. The molecule has 0 aliphatic heterocycles. The lowest BCUT2D eigenvalue weighted by Gasteiger charge is -2.08. The Hall–Kier alpha value is -2.08. The molecule has 92 valence electrons. The molecule has 0 spiro atoms. The Labute approximate surface area is 111 Å². The van der Waals surface area contributed by atoms with Crippen molar-refractivity contribution in [3.05, 3.63) is 57.1 Å². The first-order chi connectivity index (χ1) is 8.58. The van der Waals surface area contributed by atoms with Gasteiger partial charge in [-0.3, -0.25) is 10.1 Å². The number of ether oxygens (including phenoxy) is 1. The molecule has 0 bridgehead atoms. The monoisotopic (exact) mass is 309 g/mol. The van der Waals surface area contributed by atoms with Crippen LogP contribution in [0.5, 0.6) is 17.2 Å². The highest BCUT2D eigenvalue weighted by Gasteiger charge is 2.15. The summed E-state index contributed by atoms with van der Waals surface area (Å²) in [5, 5.41) is 20.2. The van der Waals surface area contributed by atoms with E-state index in [0.29, 0.717) is 10.2 Å². The van der Waals surface area contributed by atoms with Crippen molar-refractivity contribution >= 4 is 21.6 Å². The second-order valence-corrected chi connectivity index (χ2v) is 4.30. The second kappa shape index (κ2) is 5.05. The van der Waals surface area contributed by atoms with Gasteiger partial charge in [-0.1, -0.05) is 12.1 Å². The Kier molecular flexibility index (Phi) is 3.47. The summed E-state index contributed by atoms with van der Waals surface area (Å²) in [4.78, 5) is 10.3. The van der Waals surface area contributed by atoms with Crippen molar-refractivity contribution in [1.29, 1.82) is 0 Å². The summed E-state index contributed by atoms with van der Waals surface area (Å²) in [5.41, 5.74) is -0.132. The Balaban J connectivity index is 2.40. The highest BCUT2D eigenvalue weighted by atomic mass is 79.9. The minimum Gasteiger partial charge on any atom is -0.508 e. The molecule has 5 nitrogen and oxygen atoms in total. The molecule has 0 saturated carbocycles. The van der Waals surface area contributed by atoms with E-state index in [4.69, 9.17) is 4.74 Å². The largest absolute Gasteiger partial charge is 0.508 e.